The standard InChI is InChI=1S/C18H18FNO2.C17H16FNO3.C12H13FO3.C8H11N.C8H19N.C7H6FNO2.C7H8FN.C6H4FNO3.C4H5ClO3.C2H4O2.CH2O3.BrH.Fe.2K.H/c1-13-7-8-15(11-16(13)19)12-17(21)18(22)20-10-9-14-5-3-2-4-6-14;18-14-10-13(6-7-15(14)20)11-16(21)17(22)19-9-8-12-4-2-1-3-5-12;1-3-16-12(15)11(14)7-9-5-4-8(2)10(13)6-9;9-7-6-8-4-2-1-3-5-8;1-6-9(7(2)3)8(4)5;1-5-2-3-6(9(10)11)4-7(5)8;1-5-2-3-6(9)4-7(5)8;7-5-3-4(8(10)11)1-2-6(5)9;1-2-7-8-4-3-6-5;1-2(3)4;2-1-4-3;;;;;/h2-8,11H,9-10,12H2,1H3,(H,20,22);1-7,10,20H,8-9,11H2,(H,19,22);4-6H,3,7H2,1-2H3;1-5H,6-7,9H2;7-8H,6H2,1-5H3;2-4H,1H3;2-4H,9H2,1H3;1-3,9H;2H2,1H3;1H3,(H,3,4);1,3H;1H;;;;/q;;;;;;;;;;;;;2*+1;-1/p-1. The first-order valence-electron chi connectivity index (χ1n) is 38.1. The van der Waals surface area contributed by atoms with Gasteiger partial charge in [0.2, 0.25) is 23.5 Å². The molecule has 9 rings (SSSR count). The number of nitro benzene ring substituents is 2. The van der Waals surface area contributed by atoms with Gasteiger partial charge >= 0.3 is 109 Å². The number of phenolic OH excluding ortho intramolecular Hbond substituents is 2. The number of carbonyl (C=O) groups excluding carboxylic acids is 7. The number of benzene rings is 9. The van der Waals surface area contributed by atoms with E-state index in [1.807, 2.05) is 91.1 Å². The van der Waals surface area contributed by atoms with Crippen molar-refractivity contribution in [2.75, 3.05) is 45.1 Å². The number of rotatable bonds is 26. The molecule has 2 amide bonds. The Bertz CT molecular complexity index is 4670. The van der Waals surface area contributed by atoms with E-state index in [0.717, 1.165) is 67.9 Å². The number of aliphatic carboxylic acids is 1. The fourth-order valence-corrected chi connectivity index (χ4v) is 9.49. The minimum absolute atomic E-state index is 0. The van der Waals surface area contributed by atoms with E-state index in [0.29, 0.717) is 95.3 Å². The summed E-state index contributed by atoms with van der Waals surface area (Å²) in [5.41, 5.74) is 17.4. The topological polar surface area (TPSA) is 432 Å². The molecule has 129 heavy (non-hydrogen) atoms. The van der Waals surface area contributed by atoms with E-state index in [2.05, 4.69) is 97.8 Å². The number of ketones is 3. The zero-order valence-corrected chi connectivity index (χ0v) is 83.7. The Kier molecular flexibility index (Phi) is 79.4. The first-order valence-corrected chi connectivity index (χ1v) is 38.4. The summed E-state index contributed by atoms with van der Waals surface area (Å²) in [6.45, 7) is 25.3. The third-order valence-corrected chi connectivity index (χ3v) is 15.8. The van der Waals surface area contributed by atoms with Gasteiger partial charge in [-0.15, -0.1) is 17.0 Å². The van der Waals surface area contributed by atoms with Gasteiger partial charge in [-0.25, -0.2) is 31.1 Å². The summed E-state index contributed by atoms with van der Waals surface area (Å²) >= 11 is 4.67. The molecular formula is C90H107BrClF6FeK2N7O21. The number of Topliss-reactive ketones (excluding diaryl/α,β-unsaturated/α-hetero) is 3. The predicted octanol–water partition coefficient (Wildman–Crippen LogP) is 9.19. The van der Waals surface area contributed by atoms with Crippen LogP contribution in [0.3, 0.4) is 0 Å². The van der Waals surface area contributed by atoms with Crippen LogP contribution < -0.4 is 130 Å². The fourth-order valence-electron chi connectivity index (χ4n) is 9.45. The summed E-state index contributed by atoms with van der Waals surface area (Å²) in [5, 5.41) is 58.8. The number of ether oxygens (including phenoxy) is 1. The zero-order valence-electron chi connectivity index (χ0n) is 74.9. The average molecular weight is 1990 g/mol. The molecule has 9 aromatic rings. The van der Waals surface area contributed by atoms with Crippen LogP contribution in [0.25, 0.3) is 0 Å². The second kappa shape index (κ2) is 78.5. The van der Waals surface area contributed by atoms with Gasteiger partial charge < -0.3 is 58.0 Å². The van der Waals surface area contributed by atoms with Crippen molar-refractivity contribution in [1.82, 2.24) is 15.5 Å². The van der Waals surface area contributed by atoms with Crippen LogP contribution in [0.2, 0.25) is 0 Å². The normalized spacial score (nSPS) is 9.30. The van der Waals surface area contributed by atoms with Crippen molar-refractivity contribution < 1.29 is 240 Å². The minimum atomic E-state index is -0.987. The van der Waals surface area contributed by atoms with Crippen LogP contribution in [0.4, 0.5) is 43.4 Å². The van der Waals surface area contributed by atoms with Crippen molar-refractivity contribution >= 4 is 93.5 Å². The van der Waals surface area contributed by atoms with Gasteiger partial charge in [0.25, 0.3) is 35.6 Å². The molecule has 0 aliphatic heterocycles. The molecule has 9 aromatic carbocycles. The third-order valence-electron chi connectivity index (χ3n) is 15.7. The molecule has 0 atom stereocenters. The second-order valence-electron chi connectivity index (χ2n) is 26.1. The van der Waals surface area contributed by atoms with E-state index < -0.39 is 79.9 Å². The van der Waals surface area contributed by atoms with Crippen molar-refractivity contribution in [3.8, 4) is 23.7 Å². The van der Waals surface area contributed by atoms with Gasteiger partial charge in [0.15, 0.2) is 29.2 Å². The molecule has 0 saturated heterocycles. The summed E-state index contributed by atoms with van der Waals surface area (Å²) < 4.78 is 85.6. The molecule has 0 spiro atoms. The van der Waals surface area contributed by atoms with Gasteiger partial charge in [-0.1, -0.05) is 134 Å². The number of nitrogens with zero attached hydrogens (tertiary/aromatic N) is 3. The number of halogens is 8. The van der Waals surface area contributed by atoms with Crippen LogP contribution >= 0.6 is 28.8 Å². The van der Waals surface area contributed by atoms with E-state index in [4.69, 9.17) is 41.6 Å². The van der Waals surface area contributed by atoms with Gasteiger partial charge in [0.05, 0.1) is 35.2 Å². The smallest absolute Gasteiger partial charge is 1.00 e. The van der Waals surface area contributed by atoms with Crippen LogP contribution in [0.15, 0.2) is 200 Å². The van der Waals surface area contributed by atoms with Gasteiger partial charge in [-0.2, -0.15) is 4.89 Å². The molecule has 0 radical (unpaired) electrons. The number of carboxylic acid groups (broad SMARTS) is 1. The largest absolute Gasteiger partial charge is 1.00 e. The number of nitrogen functional groups attached to an aromatic ring is 1. The first-order chi connectivity index (χ1) is 59.2. The van der Waals surface area contributed by atoms with Crippen LogP contribution in [0.5, 0.6) is 11.5 Å². The number of carbonyl (C=O) groups is 8. The average Bonchev–Trinajstić information content (AvgIpc) is 0.894. The maximum Gasteiger partial charge on any atom is 1.00 e. The van der Waals surface area contributed by atoms with E-state index in [1.165, 1.54) is 42.0 Å². The van der Waals surface area contributed by atoms with Gasteiger partial charge in [-0.3, -0.25) is 63.6 Å². The molecule has 0 fully saturated rings. The van der Waals surface area contributed by atoms with Crippen LogP contribution in [0.1, 0.15) is 112 Å². The minimum Gasteiger partial charge on any atom is -1.00 e. The molecule has 694 valence electrons. The van der Waals surface area contributed by atoms with Crippen molar-refractivity contribution in [3.05, 3.63) is 311 Å². The summed E-state index contributed by atoms with van der Waals surface area (Å²) in [6.07, 6.45) is 5.83. The molecule has 0 saturated carbocycles. The van der Waals surface area contributed by atoms with Crippen LogP contribution in [-0.4, -0.2) is 129 Å². The Morgan fingerprint density at radius 1 is 0.519 bits per heavy atom. The van der Waals surface area contributed by atoms with Crippen molar-refractivity contribution in [1.29, 1.82) is 0 Å². The Labute approximate surface area is 859 Å². The van der Waals surface area contributed by atoms with Crippen molar-refractivity contribution in [2.24, 2.45) is 5.73 Å². The molecule has 0 heterocycles. The number of carboxylic acids is 1. The molecule has 39 heteroatoms. The molecule has 0 aliphatic rings. The Hall–Kier alpha value is -9.32. The van der Waals surface area contributed by atoms with Gasteiger partial charge in [0, 0.05) is 86.2 Å². The number of hydrogen-bond acceptors (Lipinski definition) is 23. The van der Waals surface area contributed by atoms with Crippen LogP contribution in [-0.2, 0) is 118 Å². The first kappa shape index (κ1) is 130. The quantitative estimate of drug-likeness (QED) is 0.00227. The zero-order chi connectivity index (χ0) is 94.9. The predicted molar refractivity (Wildman–Crippen MR) is 469 cm³/mol. The Morgan fingerprint density at radius 2 is 0.845 bits per heavy atom. The van der Waals surface area contributed by atoms with Gasteiger partial charge in [0.1, 0.15) is 35.1 Å². The SMILES string of the molecule is Br.CC(=O)O.CCN(C(C)C)C(C)C.CCOC(=O)C(=O)Cc1ccc(C)c(F)c1.CCOOC#COCl.Cc1ccc(CC(=O)C(=O)NCCc2ccccc2)cc1F.Cc1ccc(N)cc1F.Cc1ccc([N+](=O)[O-])cc1F.NCCc1ccccc1.O=C(Cc1ccc(O)c(F)c1)C(=O)NCCc1ccccc1.O=CO[O-].O=[N+]([O-])c1ccc(O)c(F)c1.[Fe].[H-].[K+].[K+]. The molecule has 0 unspecified atom stereocenters. The molecule has 9 N–H and O–H groups in total. The van der Waals surface area contributed by atoms with E-state index in [1.54, 1.807) is 77.9 Å². The molecule has 0 aromatic heterocycles. The van der Waals surface area contributed by atoms with Crippen molar-refractivity contribution in [2.45, 2.75) is 134 Å². The van der Waals surface area contributed by atoms with E-state index in [-0.39, 0.29) is 199 Å². The van der Waals surface area contributed by atoms with Gasteiger partial charge in [-0.05, 0) is 206 Å². The number of esters is 1. The van der Waals surface area contributed by atoms with Crippen LogP contribution in [0, 0.1) is 95.0 Å². The van der Waals surface area contributed by atoms with E-state index >= 15 is 0 Å². The number of non-ortho nitro benzene ring substituents is 2. The summed E-state index contributed by atoms with van der Waals surface area (Å²) in [6, 6.07) is 54.4. The summed E-state index contributed by atoms with van der Waals surface area (Å²) in [7, 11) is 0. The number of amides is 2. The van der Waals surface area contributed by atoms with E-state index in [9.17, 15) is 75.3 Å². The number of nitro groups is 2. The molecular weight excluding hydrogens is 1880 g/mol. The fraction of sp³-hybridized carbons (Fsp3) is 0.289. The Balaban J connectivity index is -0.000000263. The number of nitrogens with two attached hydrogens (primary N) is 2. The molecule has 0 aliphatic carbocycles. The number of nitrogens with one attached hydrogen (secondary N) is 2. The third kappa shape index (κ3) is 64.2. The number of phenols is 2. The molecule has 0 bridgehead atoms. The second-order valence-corrected chi connectivity index (χ2v) is 26.2. The monoisotopic (exact) mass is 1980 g/mol. The number of anilines is 1. The number of aryl methyl sites for hydroxylation is 4. The number of aromatic hydroxyl groups is 2. The summed E-state index contributed by atoms with van der Waals surface area (Å²) in [5.74, 6) is -9.28. The van der Waals surface area contributed by atoms with Crippen molar-refractivity contribution in [3.63, 3.8) is 0 Å². The Morgan fingerprint density at radius 3 is 1.15 bits per heavy atom. The maximum atomic E-state index is 13.4. The number of hydrogen-bond donors (Lipinski definition) is 7. The summed E-state index contributed by atoms with van der Waals surface area (Å²) in [4.78, 5) is 119. The maximum absolute atomic E-state index is 13.4. The molecule has 28 nitrogen and oxygen atoms in total.